The Balaban J connectivity index is 1.67. The summed E-state index contributed by atoms with van der Waals surface area (Å²) in [5, 5.41) is 12.5. The van der Waals surface area contributed by atoms with Gasteiger partial charge in [-0.05, 0) is 41.5 Å². The lowest BCUT2D eigenvalue weighted by Crippen LogP contribution is -2.13. The molecule has 0 saturated carbocycles. The average Bonchev–Trinajstić information content (AvgIpc) is 3.15. The number of amides is 1. The van der Waals surface area contributed by atoms with Crippen LogP contribution in [0, 0.1) is 11.3 Å². The maximum atomic E-state index is 12.4. The number of nitrogens with zero attached hydrogens (tertiary/aromatic N) is 2. The van der Waals surface area contributed by atoms with Gasteiger partial charge in [-0.3, -0.25) is 10.1 Å². The molecule has 0 spiro atoms. The molecule has 0 fully saturated rings. The van der Waals surface area contributed by atoms with Crippen molar-refractivity contribution in [2.45, 2.75) is 6.42 Å². The van der Waals surface area contributed by atoms with Crippen LogP contribution in [-0.4, -0.2) is 18.0 Å². The summed E-state index contributed by atoms with van der Waals surface area (Å²) in [5.41, 5.74) is 1.90. The predicted octanol–water partition coefficient (Wildman–Crippen LogP) is 5.05. The molecule has 1 aromatic heterocycles. The normalized spacial score (nSPS) is 11.0. The predicted molar refractivity (Wildman–Crippen MR) is 114 cm³/mol. The summed E-state index contributed by atoms with van der Waals surface area (Å²) in [6, 6.07) is 17.1. The van der Waals surface area contributed by atoms with Gasteiger partial charge in [0, 0.05) is 22.0 Å². The molecule has 3 rings (SSSR count). The smallest absolute Gasteiger partial charge is 0.268 e. The largest absolute Gasteiger partial charge is 0.497 e. The average molecular weight is 454 g/mol. The van der Waals surface area contributed by atoms with Gasteiger partial charge >= 0.3 is 0 Å². The lowest BCUT2D eigenvalue weighted by molar-refractivity contribution is -0.112. The van der Waals surface area contributed by atoms with Gasteiger partial charge in [0.05, 0.1) is 7.11 Å². The quantitative estimate of drug-likeness (QED) is 0.418. The van der Waals surface area contributed by atoms with E-state index >= 15 is 0 Å². The molecule has 2 aromatic carbocycles. The Morgan fingerprint density at radius 1 is 1.25 bits per heavy atom. The van der Waals surface area contributed by atoms with E-state index < -0.39 is 5.91 Å². The third kappa shape index (κ3) is 5.28. The van der Waals surface area contributed by atoms with Gasteiger partial charge in [0.2, 0.25) is 0 Å². The molecule has 7 heteroatoms. The number of carbonyl (C=O) groups is 1. The van der Waals surface area contributed by atoms with E-state index in [0.29, 0.717) is 10.9 Å². The lowest BCUT2D eigenvalue weighted by Gasteiger charge is -2.02. The SMILES string of the molecule is COc1ccc(/C=C(/C#N)C(=O)Nc2ncc(Cc3ccc(Br)cc3)s2)cc1. The highest BCUT2D eigenvalue weighted by molar-refractivity contribution is 9.10. The fourth-order valence-corrected chi connectivity index (χ4v) is 3.54. The first kappa shape index (κ1) is 19.8. The monoisotopic (exact) mass is 453 g/mol. The van der Waals surface area contributed by atoms with Crippen LogP contribution in [0.15, 0.2) is 64.8 Å². The van der Waals surface area contributed by atoms with Crippen molar-refractivity contribution < 1.29 is 9.53 Å². The standard InChI is InChI=1S/C21H16BrN3O2S/c1-27-18-8-4-14(5-9-18)10-16(12-23)20(26)25-21-24-13-19(28-21)11-15-2-6-17(22)7-3-15/h2-10,13H,11H2,1H3,(H,24,25,26)/b16-10-. The Morgan fingerprint density at radius 2 is 1.96 bits per heavy atom. The minimum absolute atomic E-state index is 0.00910. The van der Waals surface area contributed by atoms with Crippen LogP contribution in [-0.2, 0) is 11.2 Å². The Labute approximate surface area is 175 Å². The van der Waals surface area contributed by atoms with Crippen molar-refractivity contribution in [3.8, 4) is 11.8 Å². The third-order valence-electron chi connectivity index (χ3n) is 3.86. The molecule has 0 saturated heterocycles. The zero-order valence-electron chi connectivity index (χ0n) is 15.0. The van der Waals surface area contributed by atoms with Gasteiger partial charge in [-0.25, -0.2) is 4.98 Å². The van der Waals surface area contributed by atoms with Crippen molar-refractivity contribution in [1.82, 2.24) is 4.98 Å². The number of ether oxygens (including phenoxy) is 1. The Hall–Kier alpha value is -2.95. The molecule has 0 aliphatic heterocycles. The van der Waals surface area contributed by atoms with Gasteiger partial charge in [0.15, 0.2) is 5.13 Å². The number of thiazole rings is 1. The summed E-state index contributed by atoms with van der Waals surface area (Å²) < 4.78 is 6.13. The van der Waals surface area contributed by atoms with Crippen LogP contribution >= 0.6 is 27.3 Å². The fraction of sp³-hybridized carbons (Fsp3) is 0.0952. The molecule has 5 nitrogen and oxygen atoms in total. The number of nitriles is 1. The highest BCUT2D eigenvalue weighted by Crippen LogP contribution is 2.23. The summed E-state index contributed by atoms with van der Waals surface area (Å²) in [6.07, 6.45) is 4.00. The molecular formula is C21H16BrN3O2S. The summed E-state index contributed by atoms with van der Waals surface area (Å²) in [6.45, 7) is 0. The van der Waals surface area contributed by atoms with Crippen molar-refractivity contribution in [2.75, 3.05) is 12.4 Å². The molecular weight excluding hydrogens is 438 g/mol. The topological polar surface area (TPSA) is 75.0 Å². The number of halogens is 1. The minimum atomic E-state index is -0.483. The van der Waals surface area contributed by atoms with Crippen molar-refractivity contribution in [2.24, 2.45) is 0 Å². The number of aromatic nitrogens is 1. The van der Waals surface area contributed by atoms with Crippen molar-refractivity contribution in [1.29, 1.82) is 5.26 Å². The molecule has 0 aliphatic carbocycles. The zero-order chi connectivity index (χ0) is 19.9. The molecule has 28 heavy (non-hydrogen) atoms. The summed E-state index contributed by atoms with van der Waals surface area (Å²) in [7, 11) is 1.58. The lowest BCUT2D eigenvalue weighted by atomic mass is 10.1. The molecule has 140 valence electrons. The Kier molecular flexibility index (Phi) is 6.58. The highest BCUT2D eigenvalue weighted by atomic mass is 79.9. The van der Waals surface area contributed by atoms with Crippen LogP contribution in [0.1, 0.15) is 16.0 Å². The van der Waals surface area contributed by atoms with Crippen LogP contribution in [0.4, 0.5) is 5.13 Å². The third-order valence-corrected chi connectivity index (χ3v) is 5.30. The first-order valence-corrected chi connectivity index (χ1v) is 9.94. The van der Waals surface area contributed by atoms with Crippen LogP contribution < -0.4 is 10.1 Å². The second kappa shape index (κ2) is 9.31. The molecule has 0 unspecified atom stereocenters. The van der Waals surface area contributed by atoms with Gasteiger partial charge in [-0.1, -0.05) is 40.2 Å². The van der Waals surface area contributed by atoms with E-state index in [0.717, 1.165) is 26.9 Å². The number of nitrogens with one attached hydrogen (secondary N) is 1. The number of carbonyl (C=O) groups excluding carboxylic acids is 1. The number of rotatable bonds is 6. The Morgan fingerprint density at radius 3 is 2.61 bits per heavy atom. The summed E-state index contributed by atoms with van der Waals surface area (Å²) in [4.78, 5) is 17.7. The van der Waals surface area contributed by atoms with Gasteiger partial charge in [-0.15, -0.1) is 11.3 Å². The number of benzene rings is 2. The fourth-order valence-electron chi connectivity index (χ4n) is 2.43. The van der Waals surface area contributed by atoms with E-state index in [1.54, 1.807) is 37.6 Å². The van der Waals surface area contributed by atoms with E-state index in [1.165, 1.54) is 17.4 Å². The molecule has 1 amide bonds. The van der Waals surface area contributed by atoms with Crippen molar-refractivity contribution >= 4 is 44.4 Å². The molecule has 1 heterocycles. The second-order valence-corrected chi connectivity index (χ2v) is 7.86. The van der Waals surface area contributed by atoms with E-state index in [2.05, 4.69) is 26.2 Å². The Bertz CT molecular complexity index is 1030. The molecule has 3 aromatic rings. The van der Waals surface area contributed by atoms with E-state index in [-0.39, 0.29) is 5.57 Å². The molecule has 0 atom stereocenters. The maximum absolute atomic E-state index is 12.4. The first-order valence-electron chi connectivity index (χ1n) is 8.34. The maximum Gasteiger partial charge on any atom is 0.268 e. The van der Waals surface area contributed by atoms with Crippen LogP contribution in [0.3, 0.4) is 0 Å². The van der Waals surface area contributed by atoms with Crippen LogP contribution in [0.5, 0.6) is 5.75 Å². The van der Waals surface area contributed by atoms with Gasteiger partial charge in [-0.2, -0.15) is 5.26 Å². The number of hydrogen-bond acceptors (Lipinski definition) is 5. The second-order valence-electron chi connectivity index (χ2n) is 5.83. The highest BCUT2D eigenvalue weighted by Gasteiger charge is 2.12. The first-order chi connectivity index (χ1) is 13.6. The molecule has 0 radical (unpaired) electrons. The minimum Gasteiger partial charge on any atom is -0.497 e. The van der Waals surface area contributed by atoms with E-state index in [9.17, 15) is 10.1 Å². The van der Waals surface area contributed by atoms with Crippen LogP contribution in [0.2, 0.25) is 0 Å². The van der Waals surface area contributed by atoms with Gasteiger partial charge in [0.1, 0.15) is 17.4 Å². The van der Waals surface area contributed by atoms with E-state index in [4.69, 9.17) is 4.74 Å². The number of hydrogen-bond donors (Lipinski definition) is 1. The van der Waals surface area contributed by atoms with E-state index in [1.807, 2.05) is 30.3 Å². The summed E-state index contributed by atoms with van der Waals surface area (Å²) >= 11 is 4.81. The molecule has 0 bridgehead atoms. The zero-order valence-corrected chi connectivity index (χ0v) is 17.4. The summed E-state index contributed by atoms with van der Waals surface area (Å²) in [5.74, 6) is 0.226. The molecule has 0 aliphatic rings. The number of methoxy groups -OCH3 is 1. The number of anilines is 1. The van der Waals surface area contributed by atoms with Gasteiger partial charge < -0.3 is 4.74 Å². The van der Waals surface area contributed by atoms with Crippen molar-refractivity contribution in [3.05, 3.63) is 80.8 Å². The van der Waals surface area contributed by atoms with Crippen LogP contribution in [0.25, 0.3) is 6.08 Å². The van der Waals surface area contributed by atoms with Gasteiger partial charge in [0.25, 0.3) is 5.91 Å². The molecule has 1 N–H and O–H groups in total. The van der Waals surface area contributed by atoms with Crippen molar-refractivity contribution in [3.63, 3.8) is 0 Å².